The Morgan fingerprint density at radius 1 is 1.20 bits per heavy atom. The van der Waals surface area contributed by atoms with Gasteiger partial charge in [-0.3, -0.25) is 9.59 Å². The minimum Gasteiger partial charge on any atom is -0.349 e. The van der Waals surface area contributed by atoms with Crippen LogP contribution in [0.5, 0.6) is 0 Å². The Labute approximate surface area is 90.6 Å². The minimum absolute atomic E-state index is 0.0160. The minimum atomic E-state index is 0.0160. The Kier molecular flexibility index (Phi) is 2.81. The van der Waals surface area contributed by atoms with Crippen molar-refractivity contribution in [2.75, 3.05) is 6.54 Å². The zero-order valence-corrected chi connectivity index (χ0v) is 9.45. The summed E-state index contributed by atoms with van der Waals surface area (Å²) in [5.74, 6) is 2.06. The highest BCUT2D eigenvalue weighted by Gasteiger charge is 2.47. The molecule has 0 aromatic heterocycles. The number of fused-ring (bicyclic) bond motifs is 1. The summed E-state index contributed by atoms with van der Waals surface area (Å²) in [6.07, 6.45) is 3.42. The van der Waals surface area contributed by atoms with E-state index in [1.807, 2.05) is 13.8 Å². The molecule has 2 atom stereocenters. The van der Waals surface area contributed by atoms with Crippen LogP contribution >= 0.6 is 0 Å². The Hall–Kier alpha value is -0.860. The summed E-state index contributed by atoms with van der Waals surface area (Å²) in [6, 6.07) is 0. The van der Waals surface area contributed by atoms with E-state index in [0.29, 0.717) is 0 Å². The van der Waals surface area contributed by atoms with Gasteiger partial charge in [-0.1, -0.05) is 13.8 Å². The first-order chi connectivity index (χ1) is 7.08. The van der Waals surface area contributed by atoms with Crippen LogP contribution in [0, 0.1) is 23.7 Å². The largest absolute Gasteiger partial charge is 0.349 e. The topological polar surface area (TPSA) is 46.2 Å². The summed E-state index contributed by atoms with van der Waals surface area (Å²) in [7, 11) is 0. The predicted octanol–water partition coefficient (Wildman–Crippen LogP) is 1.37. The van der Waals surface area contributed by atoms with Crippen molar-refractivity contribution in [3.63, 3.8) is 0 Å². The monoisotopic (exact) mass is 209 g/mol. The number of rotatable bonds is 4. The van der Waals surface area contributed by atoms with Crippen LogP contribution in [0.2, 0.25) is 0 Å². The molecule has 2 rings (SSSR count). The van der Waals surface area contributed by atoms with Gasteiger partial charge in [-0.15, -0.1) is 0 Å². The van der Waals surface area contributed by atoms with Crippen molar-refractivity contribution in [1.82, 2.24) is 5.32 Å². The van der Waals surface area contributed by atoms with E-state index in [1.54, 1.807) is 0 Å². The molecule has 15 heavy (non-hydrogen) atoms. The van der Waals surface area contributed by atoms with Gasteiger partial charge in [0.15, 0.2) is 5.78 Å². The van der Waals surface area contributed by atoms with E-state index < -0.39 is 0 Å². The lowest BCUT2D eigenvalue weighted by Gasteiger charge is -2.12. The Morgan fingerprint density at radius 3 is 2.33 bits per heavy atom. The van der Waals surface area contributed by atoms with E-state index in [2.05, 4.69) is 5.32 Å². The van der Waals surface area contributed by atoms with E-state index >= 15 is 0 Å². The molecule has 0 heterocycles. The number of nitrogens with one attached hydrogen (secondary N) is 1. The number of ketones is 1. The molecule has 84 valence electrons. The van der Waals surface area contributed by atoms with Crippen LogP contribution in [0.25, 0.3) is 0 Å². The molecule has 0 aromatic carbocycles. The SMILES string of the molecule is CC(C)C(=O)CNC(=O)C1CC2CC2C1. The fraction of sp³-hybridized carbons (Fsp3) is 0.833. The van der Waals surface area contributed by atoms with Crippen molar-refractivity contribution < 1.29 is 9.59 Å². The maximum absolute atomic E-state index is 11.7. The summed E-state index contributed by atoms with van der Waals surface area (Å²) in [6.45, 7) is 3.93. The van der Waals surface area contributed by atoms with Crippen LogP contribution in [0.1, 0.15) is 33.1 Å². The molecule has 0 spiro atoms. The molecule has 0 bridgehead atoms. The maximum atomic E-state index is 11.7. The smallest absolute Gasteiger partial charge is 0.223 e. The van der Waals surface area contributed by atoms with Crippen molar-refractivity contribution >= 4 is 11.7 Å². The third-order valence-corrected chi connectivity index (χ3v) is 3.70. The fourth-order valence-corrected chi connectivity index (χ4v) is 2.45. The van der Waals surface area contributed by atoms with Gasteiger partial charge < -0.3 is 5.32 Å². The van der Waals surface area contributed by atoms with Gasteiger partial charge in [-0.05, 0) is 31.1 Å². The molecule has 0 saturated heterocycles. The zero-order chi connectivity index (χ0) is 11.0. The van der Waals surface area contributed by atoms with Gasteiger partial charge in [0.25, 0.3) is 0 Å². The molecule has 3 nitrogen and oxygen atoms in total. The van der Waals surface area contributed by atoms with Crippen molar-refractivity contribution in [3.05, 3.63) is 0 Å². The first-order valence-electron chi connectivity index (χ1n) is 5.88. The molecule has 0 aliphatic heterocycles. The van der Waals surface area contributed by atoms with Gasteiger partial charge in [0.1, 0.15) is 0 Å². The van der Waals surface area contributed by atoms with Gasteiger partial charge in [0.2, 0.25) is 5.91 Å². The van der Waals surface area contributed by atoms with Crippen LogP contribution in [0.4, 0.5) is 0 Å². The number of carbonyl (C=O) groups is 2. The lowest BCUT2D eigenvalue weighted by Crippen LogP contribution is -2.35. The van der Waals surface area contributed by atoms with Crippen LogP contribution in [-0.4, -0.2) is 18.2 Å². The molecule has 1 N–H and O–H groups in total. The molecule has 2 unspecified atom stereocenters. The van der Waals surface area contributed by atoms with E-state index in [0.717, 1.165) is 24.7 Å². The van der Waals surface area contributed by atoms with Crippen LogP contribution in [0.15, 0.2) is 0 Å². The third-order valence-electron chi connectivity index (χ3n) is 3.70. The first-order valence-corrected chi connectivity index (χ1v) is 5.88. The quantitative estimate of drug-likeness (QED) is 0.760. The molecule has 2 fully saturated rings. The van der Waals surface area contributed by atoms with Crippen molar-refractivity contribution in [1.29, 1.82) is 0 Å². The second kappa shape index (κ2) is 3.95. The molecule has 2 aliphatic rings. The van der Waals surface area contributed by atoms with E-state index in [9.17, 15) is 9.59 Å². The molecule has 3 heteroatoms. The zero-order valence-electron chi connectivity index (χ0n) is 9.45. The van der Waals surface area contributed by atoms with Gasteiger partial charge in [-0.2, -0.15) is 0 Å². The average molecular weight is 209 g/mol. The second-order valence-electron chi connectivity index (χ2n) is 5.26. The molecule has 2 saturated carbocycles. The van der Waals surface area contributed by atoms with E-state index in [-0.39, 0.29) is 30.1 Å². The Balaban J connectivity index is 1.71. The van der Waals surface area contributed by atoms with Crippen molar-refractivity contribution in [2.45, 2.75) is 33.1 Å². The summed E-state index contributed by atoms with van der Waals surface area (Å²) in [5.41, 5.74) is 0. The number of Topliss-reactive ketones (excluding diaryl/α,β-unsaturated/α-hetero) is 1. The first kappa shape index (κ1) is 10.7. The third kappa shape index (κ3) is 2.39. The van der Waals surface area contributed by atoms with Gasteiger partial charge in [0.05, 0.1) is 6.54 Å². The molecular weight excluding hydrogens is 190 g/mol. The predicted molar refractivity (Wildman–Crippen MR) is 57.2 cm³/mol. The molecule has 0 aromatic rings. The Morgan fingerprint density at radius 2 is 1.80 bits per heavy atom. The molecule has 2 aliphatic carbocycles. The highest BCUT2D eigenvalue weighted by Crippen LogP contribution is 2.54. The highest BCUT2D eigenvalue weighted by molar-refractivity contribution is 5.88. The van der Waals surface area contributed by atoms with Crippen LogP contribution in [-0.2, 0) is 9.59 Å². The standard InChI is InChI=1S/C12H19NO2/c1-7(2)11(14)6-13-12(15)10-4-8-3-9(8)5-10/h7-10H,3-6H2,1-2H3,(H,13,15). The summed E-state index contributed by atoms with van der Waals surface area (Å²) in [4.78, 5) is 23.0. The van der Waals surface area contributed by atoms with Crippen LogP contribution in [0.3, 0.4) is 0 Å². The summed E-state index contributed by atoms with van der Waals surface area (Å²) < 4.78 is 0. The van der Waals surface area contributed by atoms with Gasteiger partial charge in [0, 0.05) is 11.8 Å². The van der Waals surface area contributed by atoms with Crippen molar-refractivity contribution in [3.8, 4) is 0 Å². The number of hydrogen-bond donors (Lipinski definition) is 1. The lowest BCUT2D eigenvalue weighted by molar-refractivity contribution is -0.128. The molecule has 1 amide bonds. The molecular formula is C12H19NO2. The maximum Gasteiger partial charge on any atom is 0.223 e. The Bertz CT molecular complexity index is 275. The lowest BCUT2D eigenvalue weighted by atomic mass is 10.0. The average Bonchev–Trinajstić information content (AvgIpc) is 2.81. The summed E-state index contributed by atoms with van der Waals surface area (Å²) in [5, 5.41) is 2.76. The highest BCUT2D eigenvalue weighted by atomic mass is 16.2. The van der Waals surface area contributed by atoms with E-state index in [1.165, 1.54) is 6.42 Å². The van der Waals surface area contributed by atoms with Crippen LogP contribution < -0.4 is 5.32 Å². The number of carbonyl (C=O) groups excluding carboxylic acids is 2. The van der Waals surface area contributed by atoms with E-state index in [4.69, 9.17) is 0 Å². The second-order valence-corrected chi connectivity index (χ2v) is 5.26. The number of amides is 1. The van der Waals surface area contributed by atoms with Gasteiger partial charge >= 0.3 is 0 Å². The van der Waals surface area contributed by atoms with Crippen molar-refractivity contribution in [2.24, 2.45) is 23.7 Å². The normalized spacial score (nSPS) is 32.6. The number of hydrogen-bond acceptors (Lipinski definition) is 2. The van der Waals surface area contributed by atoms with Gasteiger partial charge in [-0.25, -0.2) is 0 Å². The summed E-state index contributed by atoms with van der Waals surface area (Å²) >= 11 is 0. The molecule has 0 radical (unpaired) electrons. The fourth-order valence-electron chi connectivity index (χ4n) is 2.45.